The van der Waals surface area contributed by atoms with Crippen molar-refractivity contribution in [3.05, 3.63) is 43.1 Å². The first-order valence-electron chi connectivity index (χ1n) is 10.6. The van der Waals surface area contributed by atoms with Gasteiger partial charge < -0.3 is 9.80 Å². The molecule has 188 valence electrons. The molecule has 34 heavy (non-hydrogen) atoms. The molecule has 0 unspecified atom stereocenters. The maximum Gasteiger partial charge on any atom is 0.271 e. The summed E-state index contributed by atoms with van der Waals surface area (Å²) in [5.74, 6) is -6.25. The topological polar surface area (TPSA) is 98.0 Å². The van der Waals surface area contributed by atoms with Gasteiger partial charge in [-0.05, 0) is 0 Å². The van der Waals surface area contributed by atoms with Gasteiger partial charge in [0.2, 0.25) is 11.9 Å². The predicted octanol–water partition coefficient (Wildman–Crippen LogP) is 3.81. The summed E-state index contributed by atoms with van der Waals surface area (Å²) in [6.07, 6.45) is 1.99. The van der Waals surface area contributed by atoms with Gasteiger partial charge in [0.15, 0.2) is 0 Å². The maximum atomic E-state index is 13.3. The van der Waals surface area contributed by atoms with Gasteiger partial charge in [0, 0.05) is 50.9 Å². The number of anilines is 2. The van der Waals surface area contributed by atoms with Gasteiger partial charge in [0.05, 0.1) is 12.4 Å². The molecule has 2 aromatic rings. The number of rotatable bonds is 2. The molecular weight excluding hydrogens is 503 g/mol. The van der Waals surface area contributed by atoms with Gasteiger partial charge in [-0.3, -0.25) is 19.6 Å². The Morgan fingerprint density at radius 3 is 1.47 bits per heavy atom. The van der Waals surface area contributed by atoms with Gasteiger partial charge >= 0.3 is 0 Å². The normalized spacial score (nSPS) is 23.8. The number of piperidine rings is 2. The van der Waals surface area contributed by atoms with E-state index in [9.17, 15) is 27.2 Å². The van der Waals surface area contributed by atoms with Gasteiger partial charge in [0.1, 0.15) is 10.0 Å². The molecule has 2 fully saturated rings. The second-order valence-electron chi connectivity index (χ2n) is 8.48. The van der Waals surface area contributed by atoms with Crippen molar-refractivity contribution in [2.75, 3.05) is 36.0 Å². The van der Waals surface area contributed by atoms with Gasteiger partial charge in [-0.1, -0.05) is 37.0 Å². The summed E-state index contributed by atoms with van der Waals surface area (Å²) in [6, 6.07) is 0. The Morgan fingerprint density at radius 1 is 0.824 bits per heavy atom. The van der Waals surface area contributed by atoms with Crippen LogP contribution in [0.25, 0.3) is 0 Å². The Labute approximate surface area is 202 Å². The lowest BCUT2D eigenvalue weighted by atomic mass is 9.96. The van der Waals surface area contributed by atoms with Crippen LogP contribution in [0.1, 0.15) is 26.7 Å². The SMILES string of the molecule is C[C@@H]1CN(c2ncc(Cl)c(=O)[nH]2)CCC1(F)F.C[C@H]1CN(c2ncc(Cl)c(=O)[nH]2)CCC1(F)F. The molecule has 4 heterocycles. The molecule has 2 atom stereocenters. The van der Waals surface area contributed by atoms with Gasteiger partial charge in [-0.25, -0.2) is 27.5 Å². The molecule has 2 N–H and O–H groups in total. The highest BCUT2D eigenvalue weighted by Gasteiger charge is 2.42. The zero-order chi connectivity index (χ0) is 25.3. The summed E-state index contributed by atoms with van der Waals surface area (Å²) < 4.78 is 53.2. The van der Waals surface area contributed by atoms with E-state index in [1.807, 2.05) is 0 Å². The van der Waals surface area contributed by atoms with E-state index in [-0.39, 0.29) is 49.1 Å². The van der Waals surface area contributed by atoms with Crippen molar-refractivity contribution in [1.82, 2.24) is 19.9 Å². The van der Waals surface area contributed by atoms with E-state index in [2.05, 4.69) is 19.9 Å². The van der Waals surface area contributed by atoms with Crippen LogP contribution < -0.4 is 20.9 Å². The number of aromatic amines is 2. The van der Waals surface area contributed by atoms with Crippen molar-refractivity contribution in [2.24, 2.45) is 11.8 Å². The highest BCUT2D eigenvalue weighted by atomic mass is 35.5. The third-order valence-electron chi connectivity index (χ3n) is 5.94. The Kier molecular flexibility index (Phi) is 7.81. The van der Waals surface area contributed by atoms with Crippen molar-refractivity contribution < 1.29 is 17.6 Å². The molecule has 0 spiro atoms. The number of H-pyrrole nitrogens is 2. The number of hydrogen-bond donors (Lipinski definition) is 2. The standard InChI is InChI=1S/2C10H12ClF2N3O/c2*1-6-5-16(3-2-10(6,12)13)9-14-4-7(11)8(17)15-9/h2*4,6H,2-3,5H2,1H3,(H,14,15,17)/t2*6-/m10/s1. The summed E-state index contributed by atoms with van der Waals surface area (Å²) in [7, 11) is 0. The molecule has 0 saturated carbocycles. The number of nitrogens with zero attached hydrogens (tertiary/aromatic N) is 4. The largest absolute Gasteiger partial charge is 0.342 e. The number of nitrogens with one attached hydrogen (secondary N) is 2. The first kappa shape index (κ1) is 26.3. The number of aromatic nitrogens is 4. The molecular formula is C20H24Cl2F4N6O2. The maximum absolute atomic E-state index is 13.3. The number of alkyl halides is 4. The zero-order valence-corrected chi connectivity index (χ0v) is 19.9. The lowest BCUT2D eigenvalue weighted by Gasteiger charge is -2.36. The molecule has 0 amide bonds. The van der Waals surface area contributed by atoms with E-state index in [1.54, 1.807) is 9.80 Å². The molecule has 2 aromatic heterocycles. The summed E-state index contributed by atoms with van der Waals surface area (Å²) in [5, 5.41) is -0.0201. The molecule has 14 heteroatoms. The summed E-state index contributed by atoms with van der Waals surface area (Å²) in [6.45, 7) is 3.64. The molecule has 0 bridgehead atoms. The van der Waals surface area contributed by atoms with Crippen LogP contribution in [-0.4, -0.2) is 58.0 Å². The van der Waals surface area contributed by atoms with Crippen molar-refractivity contribution >= 4 is 35.1 Å². The predicted molar refractivity (Wildman–Crippen MR) is 122 cm³/mol. The van der Waals surface area contributed by atoms with E-state index in [1.165, 1.54) is 26.2 Å². The van der Waals surface area contributed by atoms with Crippen LogP contribution in [0.5, 0.6) is 0 Å². The second kappa shape index (κ2) is 10.1. The number of halogens is 6. The molecule has 0 aliphatic carbocycles. The molecule has 0 radical (unpaired) electrons. The van der Waals surface area contributed by atoms with E-state index >= 15 is 0 Å². The van der Waals surface area contributed by atoms with Crippen LogP contribution in [0.4, 0.5) is 29.5 Å². The van der Waals surface area contributed by atoms with E-state index in [0.29, 0.717) is 11.9 Å². The van der Waals surface area contributed by atoms with E-state index < -0.39 is 34.8 Å². The highest BCUT2D eigenvalue weighted by molar-refractivity contribution is 6.30. The summed E-state index contributed by atoms with van der Waals surface area (Å²) in [4.78, 5) is 38.7. The van der Waals surface area contributed by atoms with Gasteiger partial charge in [0.25, 0.3) is 23.0 Å². The monoisotopic (exact) mass is 526 g/mol. The Balaban J connectivity index is 0.000000191. The molecule has 2 saturated heterocycles. The smallest absolute Gasteiger partial charge is 0.271 e. The minimum Gasteiger partial charge on any atom is -0.342 e. The van der Waals surface area contributed by atoms with Gasteiger partial charge in [-0.15, -0.1) is 0 Å². The van der Waals surface area contributed by atoms with Crippen molar-refractivity contribution in [2.45, 2.75) is 38.5 Å². The zero-order valence-electron chi connectivity index (χ0n) is 18.4. The fourth-order valence-corrected chi connectivity index (χ4v) is 3.81. The fourth-order valence-electron chi connectivity index (χ4n) is 3.62. The Bertz CT molecular complexity index is 1040. The van der Waals surface area contributed by atoms with Crippen LogP contribution in [-0.2, 0) is 0 Å². The quantitative estimate of drug-likeness (QED) is 0.577. The third-order valence-corrected chi connectivity index (χ3v) is 6.48. The second-order valence-corrected chi connectivity index (χ2v) is 9.30. The van der Waals surface area contributed by atoms with Crippen molar-refractivity contribution in [3.63, 3.8) is 0 Å². The molecule has 0 aromatic carbocycles. The van der Waals surface area contributed by atoms with Crippen LogP contribution in [0.3, 0.4) is 0 Å². The first-order valence-corrected chi connectivity index (χ1v) is 11.3. The highest BCUT2D eigenvalue weighted by Crippen LogP contribution is 2.34. The fraction of sp³-hybridized carbons (Fsp3) is 0.600. The summed E-state index contributed by atoms with van der Waals surface area (Å²) >= 11 is 11.1. The van der Waals surface area contributed by atoms with E-state index in [0.717, 1.165) is 0 Å². The Morgan fingerprint density at radius 2 is 1.18 bits per heavy atom. The molecule has 8 nitrogen and oxygen atoms in total. The van der Waals surface area contributed by atoms with Crippen LogP contribution in [0, 0.1) is 11.8 Å². The molecule has 2 aliphatic rings. The lowest BCUT2D eigenvalue weighted by Crippen LogP contribution is -2.46. The van der Waals surface area contributed by atoms with E-state index in [4.69, 9.17) is 23.2 Å². The average molecular weight is 527 g/mol. The van der Waals surface area contributed by atoms with Gasteiger partial charge in [-0.2, -0.15) is 0 Å². The lowest BCUT2D eigenvalue weighted by molar-refractivity contribution is -0.0658. The average Bonchev–Trinajstić information content (AvgIpc) is 2.76. The molecule has 2 aliphatic heterocycles. The van der Waals surface area contributed by atoms with Crippen LogP contribution in [0.15, 0.2) is 22.0 Å². The van der Waals surface area contributed by atoms with Crippen molar-refractivity contribution in [1.29, 1.82) is 0 Å². The van der Waals surface area contributed by atoms with Crippen molar-refractivity contribution in [3.8, 4) is 0 Å². The van der Waals surface area contributed by atoms with Crippen LogP contribution >= 0.6 is 23.2 Å². The van der Waals surface area contributed by atoms with Crippen LogP contribution in [0.2, 0.25) is 10.0 Å². The number of hydrogen-bond acceptors (Lipinski definition) is 6. The third kappa shape index (κ3) is 6.01. The molecule has 4 rings (SSSR count). The minimum absolute atomic E-state index is 0.0101. The first-order chi connectivity index (χ1) is 15.8. The Hall–Kier alpha value is -2.34. The minimum atomic E-state index is -2.65. The summed E-state index contributed by atoms with van der Waals surface area (Å²) in [5.41, 5.74) is -0.914.